The SMILES string of the molecule is CC1CCCC(n2c(SCC(=O)Nc3nnc(-c4ccccc4)o3)nc3ccccc3c2=O)C1C. The summed E-state index contributed by atoms with van der Waals surface area (Å²) < 4.78 is 7.40. The fourth-order valence-electron chi connectivity index (χ4n) is 4.69. The Labute approximate surface area is 207 Å². The lowest BCUT2D eigenvalue weighted by Gasteiger charge is -2.36. The lowest BCUT2D eigenvalue weighted by molar-refractivity contribution is -0.113. The van der Waals surface area contributed by atoms with Crippen molar-refractivity contribution in [1.82, 2.24) is 19.7 Å². The third-order valence-corrected chi connectivity index (χ3v) is 7.75. The molecule has 9 heteroatoms. The summed E-state index contributed by atoms with van der Waals surface area (Å²) in [5.41, 5.74) is 1.36. The number of para-hydroxylation sites is 1. The highest BCUT2D eigenvalue weighted by Crippen LogP contribution is 2.38. The number of thioether (sulfide) groups is 1. The van der Waals surface area contributed by atoms with E-state index < -0.39 is 0 Å². The Kier molecular flexibility index (Phi) is 6.68. The minimum Gasteiger partial charge on any atom is -0.403 e. The van der Waals surface area contributed by atoms with Gasteiger partial charge in [-0.25, -0.2) is 4.98 Å². The topological polar surface area (TPSA) is 103 Å². The van der Waals surface area contributed by atoms with Crippen LogP contribution in [-0.4, -0.2) is 31.4 Å². The number of hydrogen-bond donors (Lipinski definition) is 1. The molecule has 2 heterocycles. The van der Waals surface area contributed by atoms with Gasteiger partial charge in [-0.2, -0.15) is 0 Å². The molecule has 8 nitrogen and oxygen atoms in total. The van der Waals surface area contributed by atoms with E-state index in [2.05, 4.69) is 29.4 Å². The van der Waals surface area contributed by atoms with E-state index in [1.165, 1.54) is 11.8 Å². The molecule has 0 saturated heterocycles. The second kappa shape index (κ2) is 10.0. The second-order valence-corrected chi connectivity index (χ2v) is 9.98. The zero-order chi connectivity index (χ0) is 24.4. The molecule has 180 valence electrons. The van der Waals surface area contributed by atoms with Gasteiger partial charge in [-0.3, -0.25) is 19.5 Å². The van der Waals surface area contributed by atoms with Gasteiger partial charge in [0.15, 0.2) is 5.16 Å². The van der Waals surface area contributed by atoms with Crippen molar-refractivity contribution in [2.75, 3.05) is 11.1 Å². The predicted octanol–water partition coefficient (Wildman–Crippen LogP) is 5.17. The molecule has 35 heavy (non-hydrogen) atoms. The Morgan fingerprint density at radius 3 is 2.69 bits per heavy atom. The summed E-state index contributed by atoms with van der Waals surface area (Å²) in [6.07, 6.45) is 3.16. The second-order valence-electron chi connectivity index (χ2n) is 9.04. The molecule has 1 aliphatic rings. The average Bonchev–Trinajstić information content (AvgIpc) is 3.34. The summed E-state index contributed by atoms with van der Waals surface area (Å²) in [5, 5.41) is 11.7. The van der Waals surface area contributed by atoms with Crippen LogP contribution in [0.3, 0.4) is 0 Å². The Morgan fingerprint density at radius 2 is 1.86 bits per heavy atom. The van der Waals surface area contributed by atoms with Gasteiger partial charge >= 0.3 is 6.01 Å². The van der Waals surface area contributed by atoms with Gasteiger partial charge in [0.25, 0.3) is 5.56 Å². The van der Waals surface area contributed by atoms with Crippen molar-refractivity contribution < 1.29 is 9.21 Å². The minimum absolute atomic E-state index is 0.0352. The summed E-state index contributed by atoms with van der Waals surface area (Å²) in [4.78, 5) is 31.0. The Hall–Kier alpha value is -3.46. The van der Waals surface area contributed by atoms with E-state index in [4.69, 9.17) is 9.40 Å². The molecule has 1 fully saturated rings. The molecule has 1 N–H and O–H groups in total. The summed E-state index contributed by atoms with van der Waals surface area (Å²) in [6.45, 7) is 4.45. The maximum atomic E-state index is 13.5. The van der Waals surface area contributed by atoms with Crippen LogP contribution in [-0.2, 0) is 4.79 Å². The maximum Gasteiger partial charge on any atom is 0.322 e. The smallest absolute Gasteiger partial charge is 0.322 e. The van der Waals surface area contributed by atoms with Crippen molar-refractivity contribution in [3.05, 3.63) is 65.0 Å². The van der Waals surface area contributed by atoms with Crippen LogP contribution < -0.4 is 10.9 Å². The number of anilines is 1. The number of benzene rings is 2. The van der Waals surface area contributed by atoms with Crippen molar-refractivity contribution in [2.45, 2.75) is 44.3 Å². The van der Waals surface area contributed by atoms with Gasteiger partial charge in [0.2, 0.25) is 11.8 Å². The number of nitrogens with zero attached hydrogens (tertiary/aromatic N) is 4. The first-order valence-corrected chi connectivity index (χ1v) is 12.8. The summed E-state index contributed by atoms with van der Waals surface area (Å²) in [6, 6.07) is 16.8. The molecular weight excluding hydrogens is 462 g/mol. The fraction of sp³-hybridized carbons (Fsp3) is 0.346. The van der Waals surface area contributed by atoms with Crippen molar-refractivity contribution >= 4 is 34.6 Å². The predicted molar refractivity (Wildman–Crippen MR) is 136 cm³/mol. The first kappa shape index (κ1) is 23.3. The third-order valence-electron chi connectivity index (χ3n) is 6.80. The molecule has 3 unspecified atom stereocenters. The standard InChI is InChI=1S/C26H27N5O3S/c1-16-9-8-14-21(17(16)2)31-24(33)19-12-6-7-13-20(19)27-26(31)35-15-22(32)28-25-30-29-23(34-25)18-10-4-3-5-11-18/h3-7,10-13,16-17,21H,8-9,14-15H2,1-2H3,(H,28,30,32). The summed E-state index contributed by atoms with van der Waals surface area (Å²) >= 11 is 1.25. The van der Waals surface area contributed by atoms with Crippen LogP contribution >= 0.6 is 11.8 Å². The molecule has 3 atom stereocenters. The molecule has 1 saturated carbocycles. The number of hydrogen-bond acceptors (Lipinski definition) is 7. The van der Waals surface area contributed by atoms with Crippen molar-refractivity contribution in [3.8, 4) is 11.5 Å². The van der Waals surface area contributed by atoms with E-state index in [9.17, 15) is 9.59 Å². The molecule has 0 spiro atoms. The van der Waals surface area contributed by atoms with Gasteiger partial charge < -0.3 is 4.42 Å². The molecule has 0 bridgehead atoms. The van der Waals surface area contributed by atoms with Crippen molar-refractivity contribution in [3.63, 3.8) is 0 Å². The Bertz CT molecular complexity index is 1400. The monoisotopic (exact) mass is 489 g/mol. The largest absolute Gasteiger partial charge is 0.403 e. The minimum atomic E-state index is -0.308. The zero-order valence-corrected chi connectivity index (χ0v) is 20.5. The van der Waals surface area contributed by atoms with Gasteiger partial charge in [-0.1, -0.05) is 73.9 Å². The highest BCUT2D eigenvalue weighted by molar-refractivity contribution is 7.99. The van der Waals surface area contributed by atoms with E-state index in [0.717, 1.165) is 24.8 Å². The van der Waals surface area contributed by atoms with Crippen molar-refractivity contribution in [2.24, 2.45) is 11.8 Å². The molecular formula is C26H27N5O3S. The third kappa shape index (κ3) is 4.86. The van der Waals surface area contributed by atoms with E-state index in [1.54, 1.807) is 0 Å². The number of nitrogens with one attached hydrogen (secondary N) is 1. The van der Waals surface area contributed by atoms with E-state index in [0.29, 0.717) is 33.8 Å². The molecule has 1 aliphatic carbocycles. The highest BCUT2D eigenvalue weighted by Gasteiger charge is 2.31. The average molecular weight is 490 g/mol. The zero-order valence-electron chi connectivity index (χ0n) is 19.7. The molecule has 1 amide bonds. The summed E-state index contributed by atoms with van der Waals surface area (Å²) in [5.74, 6) is 0.943. The molecule has 2 aromatic heterocycles. The molecule has 2 aromatic carbocycles. The summed E-state index contributed by atoms with van der Waals surface area (Å²) in [7, 11) is 0. The van der Waals surface area contributed by atoms with Gasteiger partial charge in [0, 0.05) is 11.6 Å². The van der Waals surface area contributed by atoms with Crippen LogP contribution in [0.2, 0.25) is 0 Å². The van der Waals surface area contributed by atoms with E-state index in [1.807, 2.05) is 59.2 Å². The van der Waals surface area contributed by atoms with Crippen LogP contribution in [0.15, 0.2) is 69.0 Å². The number of aromatic nitrogens is 4. The van der Waals surface area contributed by atoms with E-state index in [-0.39, 0.29) is 29.3 Å². The number of carbonyl (C=O) groups is 1. The van der Waals surface area contributed by atoms with Gasteiger partial charge in [-0.15, -0.1) is 5.10 Å². The fourth-order valence-corrected chi connectivity index (χ4v) is 5.55. The lowest BCUT2D eigenvalue weighted by atomic mass is 9.78. The molecule has 5 rings (SSSR count). The maximum absolute atomic E-state index is 13.5. The Morgan fingerprint density at radius 1 is 1.09 bits per heavy atom. The number of rotatable bonds is 6. The van der Waals surface area contributed by atoms with Crippen LogP contribution in [0, 0.1) is 11.8 Å². The normalized spacial score (nSPS) is 20.1. The van der Waals surface area contributed by atoms with Crippen LogP contribution in [0.4, 0.5) is 6.01 Å². The molecule has 0 radical (unpaired) electrons. The molecule has 4 aromatic rings. The van der Waals surface area contributed by atoms with Gasteiger partial charge in [0.05, 0.1) is 16.7 Å². The quantitative estimate of drug-likeness (QED) is 0.294. The molecule has 0 aliphatic heterocycles. The van der Waals surface area contributed by atoms with Crippen LogP contribution in [0.25, 0.3) is 22.4 Å². The number of carbonyl (C=O) groups excluding carboxylic acids is 1. The van der Waals surface area contributed by atoms with Crippen LogP contribution in [0.1, 0.15) is 39.2 Å². The first-order valence-electron chi connectivity index (χ1n) is 11.8. The lowest BCUT2D eigenvalue weighted by Crippen LogP contribution is -2.35. The van der Waals surface area contributed by atoms with Gasteiger partial charge in [-0.05, 0) is 42.5 Å². The van der Waals surface area contributed by atoms with Gasteiger partial charge in [0.1, 0.15) is 0 Å². The van der Waals surface area contributed by atoms with Crippen molar-refractivity contribution in [1.29, 1.82) is 0 Å². The number of fused-ring (bicyclic) bond motifs is 1. The highest BCUT2D eigenvalue weighted by atomic mass is 32.2. The Balaban J connectivity index is 1.37. The number of amides is 1. The first-order chi connectivity index (χ1) is 17.0. The van der Waals surface area contributed by atoms with E-state index >= 15 is 0 Å². The van der Waals surface area contributed by atoms with Crippen LogP contribution in [0.5, 0.6) is 0 Å².